The van der Waals surface area contributed by atoms with Gasteiger partial charge < -0.3 is 9.84 Å². The third-order valence-electron chi connectivity index (χ3n) is 5.70. The van der Waals surface area contributed by atoms with Crippen molar-refractivity contribution in [1.29, 1.82) is 0 Å². The van der Waals surface area contributed by atoms with Gasteiger partial charge in [-0.05, 0) is 41.0 Å². The van der Waals surface area contributed by atoms with Crippen molar-refractivity contribution in [3.05, 3.63) is 41.5 Å². The van der Waals surface area contributed by atoms with Gasteiger partial charge in [0.2, 0.25) is 0 Å². The lowest BCUT2D eigenvalue weighted by Gasteiger charge is -2.29. The molecular weight excluding hydrogens is 363 g/mol. The second kappa shape index (κ2) is 9.04. The second-order valence-corrected chi connectivity index (χ2v) is 7.45. The summed E-state index contributed by atoms with van der Waals surface area (Å²) in [6.07, 6.45) is 1.74. The summed E-state index contributed by atoms with van der Waals surface area (Å²) in [6.45, 7) is 5.62. The first-order valence-electron chi connectivity index (χ1n) is 9.92. The lowest BCUT2D eigenvalue weighted by Crippen LogP contribution is -2.39. The summed E-state index contributed by atoms with van der Waals surface area (Å²) in [5, 5.41) is 22.2. The normalized spacial score (nSPS) is 24.1. The summed E-state index contributed by atoms with van der Waals surface area (Å²) in [5.41, 5.74) is 0.887. The molecule has 4 rings (SSSR count). The zero-order chi connectivity index (χ0) is 19.3. The van der Waals surface area contributed by atoms with Gasteiger partial charge in [0, 0.05) is 32.2 Å². The van der Waals surface area contributed by atoms with Crippen LogP contribution in [0.5, 0.6) is 0 Å². The standard InChI is InChI=1S/C19H27FN6O2/c20-16-3-1-2-15(12-16)13-25-17(14-27)4-5-18(25)19-21-22-23-26(19)7-6-24-8-10-28-11-9-24/h1-3,12,17-18,27H,4-11,13-14H2/t17-,18-/m0/s1. The molecule has 0 amide bonds. The number of hydrogen-bond donors (Lipinski definition) is 1. The van der Waals surface area contributed by atoms with E-state index in [0.717, 1.165) is 63.6 Å². The van der Waals surface area contributed by atoms with Crippen molar-refractivity contribution in [2.45, 2.75) is 38.0 Å². The maximum absolute atomic E-state index is 13.6. The number of likely N-dealkylation sites (tertiary alicyclic amines) is 1. The van der Waals surface area contributed by atoms with Crippen LogP contribution in [0.25, 0.3) is 0 Å². The number of tetrazole rings is 1. The SMILES string of the molecule is OC[C@@H]1CC[C@@H](c2nnnn2CCN2CCOCC2)N1Cc1cccc(F)c1. The number of aliphatic hydroxyl groups excluding tert-OH is 1. The molecule has 2 aromatic rings. The summed E-state index contributed by atoms with van der Waals surface area (Å²) in [7, 11) is 0. The van der Waals surface area contributed by atoms with E-state index in [1.54, 1.807) is 12.1 Å². The van der Waals surface area contributed by atoms with Crippen molar-refractivity contribution >= 4 is 0 Å². The van der Waals surface area contributed by atoms with Crippen LogP contribution in [0.2, 0.25) is 0 Å². The van der Waals surface area contributed by atoms with Gasteiger partial charge in [0.25, 0.3) is 0 Å². The van der Waals surface area contributed by atoms with Crippen LogP contribution < -0.4 is 0 Å². The van der Waals surface area contributed by atoms with E-state index in [0.29, 0.717) is 6.54 Å². The number of hydrogen-bond acceptors (Lipinski definition) is 7. The molecule has 0 bridgehead atoms. The summed E-state index contributed by atoms with van der Waals surface area (Å²) >= 11 is 0. The minimum absolute atomic E-state index is 0.0140. The number of rotatable bonds is 7. The smallest absolute Gasteiger partial charge is 0.168 e. The van der Waals surface area contributed by atoms with Gasteiger partial charge in [0.1, 0.15) is 5.82 Å². The molecule has 0 aliphatic carbocycles. The van der Waals surface area contributed by atoms with Gasteiger partial charge in [0.05, 0.1) is 32.4 Å². The summed E-state index contributed by atoms with van der Waals surface area (Å²) in [6, 6.07) is 6.66. The van der Waals surface area contributed by atoms with Crippen LogP contribution in [0, 0.1) is 5.82 Å². The Balaban J connectivity index is 1.48. The molecule has 1 N–H and O–H groups in total. The van der Waals surface area contributed by atoms with Crippen LogP contribution in [0.3, 0.4) is 0 Å². The molecule has 9 heteroatoms. The zero-order valence-electron chi connectivity index (χ0n) is 16.0. The highest BCUT2D eigenvalue weighted by Crippen LogP contribution is 2.36. The Labute approximate surface area is 163 Å². The van der Waals surface area contributed by atoms with Crippen LogP contribution in [-0.4, -0.2) is 80.6 Å². The number of aromatic nitrogens is 4. The third-order valence-corrected chi connectivity index (χ3v) is 5.70. The largest absolute Gasteiger partial charge is 0.395 e. The van der Waals surface area contributed by atoms with E-state index in [1.165, 1.54) is 6.07 Å². The maximum atomic E-state index is 13.6. The summed E-state index contributed by atoms with van der Waals surface area (Å²) in [5.74, 6) is 0.574. The minimum Gasteiger partial charge on any atom is -0.395 e. The van der Waals surface area contributed by atoms with Crippen molar-refractivity contribution in [3.8, 4) is 0 Å². The number of ether oxygens (including phenoxy) is 1. The van der Waals surface area contributed by atoms with Crippen molar-refractivity contribution in [3.63, 3.8) is 0 Å². The Bertz CT molecular complexity index is 766. The molecule has 1 aromatic carbocycles. The van der Waals surface area contributed by atoms with Gasteiger partial charge in [0.15, 0.2) is 5.82 Å². The van der Waals surface area contributed by atoms with Crippen molar-refractivity contribution in [1.82, 2.24) is 30.0 Å². The molecule has 0 spiro atoms. The zero-order valence-corrected chi connectivity index (χ0v) is 16.0. The van der Waals surface area contributed by atoms with E-state index in [4.69, 9.17) is 4.74 Å². The van der Waals surface area contributed by atoms with Crippen LogP contribution in [0.1, 0.15) is 30.3 Å². The molecule has 28 heavy (non-hydrogen) atoms. The molecular formula is C19H27FN6O2. The molecule has 2 aliphatic rings. The molecule has 1 aromatic heterocycles. The third kappa shape index (κ3) is 4.38. The highest BCUT2D eigenvalue weighted by atomic mass is 19.1. The lowest BCUT2D eigenvalue weighted by molar-refractivity contribution is 0.0355. The van der Waals surface area contributed by atoms with Crippen molar-refractivity contribution in [2.75, 3.05) is 39.5 Å². The molecule has 0 radical (unpaired) electrons. The van der Waals surface area contributed by atoms with Crippen molar-refractivity contribution < 1.29 is 14.2 Å². The Hall–Kier alpha value is -1.94. The fourth-order valence-corrected chi connectivity index (χ4v) is 4.17. The van der Waals surface area contributed by atoms with Crippen LogP contribution >= 0.6 is 0 Å². The second-order valence-electron chi connectivity index (χ2n) is 7.45. The number of aliphatic hydroxyl groups is 1. The maximum Gasteiger partial charge on any atom is 0.168 e. The number of halogens is 1. The summed E-state index contributed by atoms with van der Waals surface area (Å²) < 4.78 is 20.9. The molecule has 3 heterocycles. The molecule has 2 atom stereocenters. The molecule has 0 unspecified atom stereocenters. The highest BCUT2D eigenvalue weighted by Gasteiger charge is 2.37. The quantitative estimate of drug-likeness (QED) is 0.751. The van der Waals surface area contributed by atoms with Crippen LogP contribution in [-0.2, 0) is 17.8 Å². The topological polar surface area (TPSA) is 79.5 Å². The predicted molar refractivity (Wildman–Crippen MR) is 99.9 cm³/mol. The lowest BCUT2D eigenvalue weighted by atomic mass is 10.1. The fourth-order valence-electron chi connectivity index (χ4n) is 4.17. The fraction of sp³-hybridized carbons (Fsp3) is 0.632. The Morgan fingerprint density at radius 3 is 2.82 bits per heavy atom. The van der Waals surface area contributed by atoms with Crippen molar-refractivity contribution in [2.24, 2.45) is 0 Å². The first kappa shape index (κ1) is 19.4. The van der Waals surface area contributed by atoms with E-state index in [1.807, 2.05) is 10.7 Å². The molecule has 2 saturated heterocycles. The summed E-state index contributed by atoms with van der Waals surface area (Å²) in [4.78, 5) is 4.55. The van der Waals surface area contributed by atoms with Gasteiger partial charge in [-0.2, -0.15) is 0 Å². The molecule has 152 valence electrons. The Morgan fingerprint density at radius 2 is 2.04 bits per heavy atom. The Morgan fingerprint density at radius 1 is 1.18 bits per heavy atom. The number of benzene rings is 1. The highest BCUT2D eigenvalue weighted by molar-refractivity contribution is 5.17. The first-order chi connectivity index (χ1) is 13.7. The van der Waals surface area contributed by atoms with E-state index in [2.05, 4.69) is 25.3 Å². The van der Waals surface area contributed by atoms with Gasteiger partial charge in [-0.3, -0.25) is 9.80 Å². The van der Waals surface area contributed by atoms with E-state index >= 15 is 0 Å². The average molecular weight is 390 g/mol. The Kier molecular flexibility index (Phi) is 6.26. The molecule has 0 saturated carbocycles. The van der Waals surface area contributed by atoms with Gasteiger partial charge in [-0.25, -0.2) is 9.07 Å². The molecule has 8 nitrogen and oxygen atoms in total. The van der Waals surface area contributed by atoms with E-state index in [9.17, 15) is 9.50 Å². The first-order valence-corrected chi connectivity index (χ1v) is 9.92. The monoisotopic (exact) mass is 390 g/mol. The van der Waals surface area contributed by atoms with Gasteiger partial charge in [-0.1, -0.05) is 12.1 Å². The number of morpholine rings is 1. The van der Waals surface area contributed by atoms with Gasteiger partial charge in [-0.15, -0.1) is 5.10 Å². The predicted octanol–water partition coefficient (Wildman–Crippen LogP) is 0.842. The van der Waals surface area contributed by atoms with Gasteiger partial charge >= 0.3 is 0 Å². The molecule has 2 aliphatic heterocycles. The average Bonchev–Trinajstić information content (AvgIpc) is 3.33. The minimum atomic E-state index is -0.246. The van der Waals surface area contributed by atoms with E-state index < -0.39 is 0 Å². The van der Waals surface area contributed by atoms with E-state index in [-0.39, 0.29) is 24.5 Å². The van der Waals surface area contributed by atoms with Crippen LogP contribution in [0.15, 0.2) is 24.3 Å². The molecule has 2 fully saturated rings. The number of nitrogens with zero attached hydrogens (tertiary/aromatic N) is 6. The van der Waals surface area contributed by atoms with Crippen LogP contribution in [0.4, 0.5) is 4.39 Å².